The van der Waals surface area contributed by atoms with Crippen molar-refractivity contribution in [2.75, 3.05) is 0 Å². The van der Waals surface area contributed by atoms with Crippen molar-refractivity contribution in [2.24, 2.45) is 10.8 Å². The summed E-state index contributed by atoms with van der Waals surface area (Å²) < 4.78 is 6.85. The number of ether oxygens (including phenoxy) is 1. The van der Waals surface area contributed by atoms with Gasteiger partial charge in [-0.1, -0.05) is 84.0 Å². The van der Waals surface area contributed by atoms with Crippen LogP contribution in [0.25, 0.3) is 43.7 Å². The van der Waals surface area contributed by atoms with Gasteiger partial charge in [-0.25, -0.2) is 9.97 Å². The number of hydrogen-bond acceptors (Lipinski definition) is 3. The Balaban J connectivity index is 1.69. The minimum Gasteiger partial charge on any atom is -0.456 e. The van der Waals surface area contributed by atoms with Crippen molar-refractivity contribution in [3.8, 4) is 22.8 Å². The van der Waals surface area contributed by atoms with Gasteiger partial charge in [0.15, 0.2) is 0 Å². The van der Waals surface area contributed by atoms with E-state index in [4.69, 9.17) is 14.7 Å². The summed E-state index contributed by atoms with van der Waals surface area (Å²) in [6.45, 7) is 13.7. The molecule has 0 N–H and O–H groups in total. The predicted molar refractivity (Wildman–Crippen MR) is 146 cm³/mol. The lowest BCUT2D eigenvalue weighted by molar-refractivity contribution is 0.400. The van der Waals surface area contributed by atoms with Gasteiger partial charge in [0, 0.05) is 16.5 Å². The molecule has 3 heteroatoms. The van der Waals surface area contributed by atoms with Crippen LogP contribution < -0.4 is 4.74 Å². The topological polar surface area (TPSA) is 35.0 Å². The second-order valence-corrected chi connectivity index (χ2v) is 12.4. The van der Waals surface area contributed by atoms with E-state index in [1.807, 2.05) is 0 Å². The monoisotopic (exact) mass is 460 g/mol. The lowest BCUT2D eigenvalue weighted by Gasteiger charge is -2.28. The minimum atomic E-state index is 0.117. The average Bonchev–Trinajstić information content (AvgIpc) is 2.78. The first-order valence-corrected chi connectivity index (χ1v) is 12.5. The SMILES string of the molecule is CC(C)(C)Cc1c2c(cc3ccccc13)-c1ncnc3c1c(cc1c(CC(C)(C)C)cccc13)O2. The highest BCUT2D eigenvalue weighted by Gasteiger charge is 2.29. The standard InChI is InChI=1S/C32H32N2O/c1-31(2,3)16-20-11-9-13-22-23(20)15-26-27-28(22)33-18-34-29(27)24-14-19-10-7-8-12-21(19)25(30(24)35-26)17-32(4,5)6/h7-15,18H,16-17H2,1-6H3. The molecular weight excluding hydrogens is 428 g/mol. The average molecular weight is 461 g/mol. The van der Waals surface area contributed by atoms with E-state index in [0.717, 1.165) is 51.9 Å². The second kappa shape index (κ2) is 7.52. The Hall–Kier alpha value is -3.46. The summed E-state index contributed by atoms with van der Waals surface area (Å²) in [4.78, 5) is 9.60. The van der Waals surface area contributed by atoms with Gasteiger partial charge < -0.3 is 4.74 Å². The maximum absolute atomic E-state index is 6.85. The second-order valence-electron chi connectivity index (χ2n) is 12.4. The van der Waals surface area contributed by atoms with E-state index in [2.05, 4.69) is 96.1 Å². The molecule has 1 aliphatic heterocycles. The Kier molecular flexibility index (Phi) is 4.73. The highest BCUT2D eigenvalue weighted by molar-refractivity contribution is 6.15. The maximum Gasteiger partial charge on any atom is 0.140 e. The summed E-state index contributed by atoms with van der Waals surface area (Å²) >= 11 is 0. The lowest BCUT2D eigenvalue weighted by Crippen LogP contribution is -2.12. The van der Waals surface area contributed by atoms with Crippen LogP contribution in [0, 0.1) is 10.8 Å². The molecule has 0 aliphatic carbocycles. The Labute approximate surface area is 207 Å². The molecule has 0 fully saturated rings. The van der Waals surface area contributed by atoms with E-state index in [9.17, 15) is 0 Å². The summed E-state index contributed by atoms with van der Waals surface area (Å²) in [7, 11) is 0. The van der Waals surface area contributed by atoms with Gasteiger partial charge in [0.1, 0.15) is 17.8 Å². The number of nitrogens with zero attached hydrogens (tertiary/aromatic N) is 2. The van der Waals surface area contributed by atoms with E-state index < -0.39 is 0 Å². The Morgan fingerprint density at radius 2 is 1.49 bits per heavy atom. The van der Waals surface area contributed by atoms with Gasteiger partial charge in [0.2, 0.25) is 0 Å². The highest BCUT2D eigenvalue weighted by atomic mass is 16.5. The summed E-state index contributed by atoms with van der Waals surface area (Å²) in [5.41, 5.74) is 5.88. The summed E-state index contributed by atoms with van der Waals surface area (Å²) in [5, 5.41) is 5.87. The van der Waals surface area contributed by atoms with E-state index in [-0.39, 0.29) is 10.8 Å². The van der Waals surface area contributed by atoms with Gasteiger partial charge in [-0.2, -0.15) is 0 Å². The number of hydrogen-bond donors (Lipinski definition) is 0. The third kappa shape index (κ3) is 3.74. The van der Waals surface area contributed by atoms with Crippen LogP contribution in [0.1, 0.15) is 52.7 Å². The molecule has 0 bridgehead atoms. The van der Waals surface area contributed by atoms with Crippen LogP contribution in [0.3, 0.4) is 0 Å². The van der Waals surface area contributed by atoms with Crippen LogP contribution in [0.4, 0.5) is 0 Å². The number of benzene rings is 4. The number of aromatic nitrogens is 2. The maximum atomic E-state index is 6.85. The molecule has 0 unspecified atom stereocenters. The van der Waals surface area contributed by atoms with Crippen molar-refractivity contribution in [1.29, 1.82) is 0 Å². The smallest absolute Gasteiger partial charge is 0.140 e. The van der Waals surface area contributed by atoms with Gasteiger partial charge in [-0.15, -0.1) is 0 Å². The fourth-order valence-electron chi connectivity index (χ4n) is 5.54. The minimum absolute atomic E-state index is 0.117. The Morgan fingerprint density at radius 3 is 2.26 bits per heavy atom. The molecule has 0 spiro atoms. The van der Waals surface area contributed by atoms with Gasteiger partial charge in [-0.05, 0) is 57.5 Å². The molecule has 0 atom stereocenters. The molecule has 0 saturated heterocycles. The molecule has 2 heterocycles. The van der Waals surface area contributed by atoms with Crippen LogP contribution in [-0.2, 0) is 12.8 Å². The normalized spacial score (nSPS) is 13.3. The molecule has 1 aliphatic rings. The first kappa shape index (κ1) is 22.0. The zero-order valence-corrected chi connectivity index (χ0v) is 21.5. The van der Waals surface area contributed by atoms with Crippen molar-refractivity contribution in [3.05, 3.63) is 72.1 Å². The van der Waals surface area contributed by atoms with Crippen LogP contribution in [-0.4, -0.2) is 9.97 Å². The molecule has 0 amide bonds. The molecule has 0 radical (unpaired) electrons. The van der Waals surface area contributed by atoms with Gasteiger partial charge in [0.05, 0.1) is 16.6 Å². The molecule has 0 saturated carbocycles. The zero-order chi connectivity index (χ0) is 24.5. The number of rotatable bonds is 2. The van der Waals surface area contributed by atoms with Crippen molar-refractivity contribution in [3.63, 3.8) is 0 Å². The van der Waals surface area contributed by atoms with E-state index >= 15 is 0 Å². The zero-order valence-electron chi connectivity index (χ0n) is 21.5. The van der Waals surface area contributed by atoms with E-state index in [0.29, 0.717) is 0 Å². The van der Waals surface area contributed by atoms with Crippen LogP contribution in [0.5, 0.6) is 11.5 Å². The van der Waals surface area contributed by atoms with Crippen LogP contribution in [0.2, 0.25) is 0 Å². The quantitative estimate of drug-likeness (QED) is 0.242. The van der Waals surface area contributed by atoms with Crippen molar-refractivity contribution >= 4 is 32.4 Å². The number of fused-ring (bicyclic) bond motifs is 5. The first-order chi connectivity index (χ1) is 16.6. The molecule has 5 aromatic rings. The Bertz CT molecular complexity index is 1630. The van der Waals surface area contributed by atoms with Crippen molar-refractivity contribution in [1.82, 2.24) is 9.97 Å². The van der Waals surface area contributed by atoms with E-state index in [1.165, 1.54) is 27.3 Å². The van der Waals surface area contributed by atoms with Crippen LogP contribution >= 0.6 is 0 Å². The third-order valence-corrected chi connectivity index (χ3v) is 6.82. The molecule has 6 rings (SSSR count). The predicted octanol–water partition coefficient (Wildman–Crippen LogP) is 8.89. The molecule has 1 aromatic heterocycles. The van der Waals surface area contributed by atoms with Gasteiger partial charge >= 0.3 is 0 Å². The molecule has 3 nitrogen and oxygen atoms in total. The first-order valence-electron chi connectivity index (χ1n) is 12.5. The fourth-order valence-corrected chi connectivity index (χ4v) is 5.54. The highest BCUT2D eigenvalue weighted by Crippen LogP contribution is 2.51. The molecule has 176 valence electrons. The molecular formula is C32H32N2O. The lowest BCUT2D eigenvalue weighted by atomic mass is 9.83. The van der Waals surface area contributed by atoms with Crippen molar-refractivity contribution < 1.29 is 4.74 Å². The van der Waals surface area contributed by atoms with E-state index in [1.54, 1.807) is 6.33 Å². The van der Waals surface area contributed by atoms with Crippen LogP contribution in [0.15, 0.2) is 60.9 Å². The third-order valence-electron chi connectivity index (χ3n) is 6.82. The Morgan fingerprint density at radius 1 is 0.743 bits per heavy atom. The molecule has 35 heavy (non-hydrogen) atoms. The fraction of sp³-hybridized carbons (Fsp3) is 0.312. The van der Waals surface area contributed by atoms with Gasteiger partial charge in [0.25, 0.3) is 0 Å². The van der Waals surface area contributed by atoms with Crippen molar-refractivity contribution in [2.45, 2.75) is 54.4 Å². The summed E-state index contributed by atoms with van der Waals surface area (Å²) in [6.07, 6.45) is 3.62. The summed E-state index contributed by atoms with van der Waals surface area (Å²) in [6, 6.07) is 19.7. The summed E-state index contributed by atoms with van der Waals surface area (Å²) in [5.74, 6) is 1.81. The molecule has 4 aromatic carbocycles. The largest absolute Gasteiger partial charge is 0.456 e. The van der Waals surface area contributed by atoms with Gasteiger partial charge in [-0.3, -0.25) is 0 Å².